The summed E-state index contributed by atoms with van der Waals surface area (Å²) in [4.78, 5) is 10.6. The molecule has 1 unspecified atom stereocenters. The average molecular weight is 157 g/mol. The van der Waals surface area contributed by atoms with Crippen molar-refractivity contribution in [3.63, 3.8) is 0 Å². The summed E-state index contributed by atoms with van der Waals surface area (Å²) in [5.41, 5.74) is 0. The van der Waals surface area contributed by atoms with Crippen molar-refractivity contribution >= 4 is 5.78 Å². The van der Waals surface area contributed by atoms with E-state index >= 15 is 0 Å². The molecule has 0 aliphatic heterocycles. The lowest BCUT2D eigenvalue weighted by molar-refractivity contribution is -0.118. The van der Waals surface area contributed by atoms with Crippen LogP contribution in [0.15, 0.2) is 13.2 Å². The van der Waals surface area contributed by atoms with Gasteiger partial charge in [0.1, 0.15) is 5.78 Å². The number of carbonyl (C=O) groups is 1. The zero-order valence-corrected chi connectivity index (χ0v) is 7.98. The van der Waals surface area contributed by atoms with E-state index < -0.39 is 0 Å². The number of carbonyl (C=O) groups excluding carboxylic acids is 1. The predicted octanol–water partition coefficient (Wildman–Crippen LogP) is 1.76. The van der Waals surface area contributed by atoms with Gasteiger partial charge in [0.05, 0.1) is 6.04 Å². The van der Waals surface area contributed by atoms with Crippen molar-refractivity contribution in [2.45, 2.75) is 39.8 Å². The summed E-state index contributed by atoms with van der Waals surface area (Å²) >= 11 is 0. The smallest absolute Gasteiger partial charge is 0.146 e. The van der Waals surface area contributed by atoms with E-state index in [-0.39, 0.29) is 11.8 Å². The van der Waals surface area contributed by atoms with Crippen LogP contribution in [0.4, 0.5) is 0 Å². The van der Waals surface area contributed by atoms with Gasteiger partial charge < -0.3 is 5.32 Å². The molecular weight excluding hydrogens is 138 g/mol. The molecule has 2 nitrogen and oxygen atoms in total. The van der Waals surface area contributed by atoms with Gasteiger partial charge in [-0.15, -0.1) is 13.2 Å². The highest BCUT2D eigenvalue weighted by Gasteiger charge is 2.06. The molecule has 0 aliphatic rings. The highest BCUT2D eigenvalue weighted by atomic mass is 16.1. The van der Waals surface area contributed by atoms with Crippen molar-refractivity contribution in [3.05, 3.63) is 13.2 Å². The molecule has 0 aromatic rings. The van der Waals surface area contributed by atoms with Crippen molar-refractivity contribution in [1.82, 2.24) is 5.32 Å². The maximum absolute atomic E-state index is 10.6. The number of Topliss-reactive ketones (excluding diaryl/α,β-unsaturated/α-hetero) is 1. The summed E-state index contributed by atoms with van der Waals surface area (Å²) in [7, 11) is 0. The molecule has 0 aromatic heterocycles. The zero-order chi connectivity index (χ0) is 9.44. The van der Waals surface area contributed by atoms with Crippen LogP contribution in [0.1, 0.15) is 27.7 Å². The Labute approximate surface area is 69.7 Å². The largest absolute Gasteiger partial charge is 0.305 e. The molecule has 0 aliphatic carbocycles. The Kier molecular flexibility index (Phi) is 8.83. The Bertz CT molecular complexity index is 110. The highest BCUT2D eigenvalue weighted by molar-refractivity contribution is 5.80. The fourth-order valence-corrected chi connectivity index (χ4v) is 0.617. The molecule has 0 heterocycles. The van der Waals surface area contributed by atoms with Gasteiger partial charge in [0, 0.05) is 6.04 Å². The maximum Gasteiger partial charge on any atom is 0.146 e. The van der Waals surface area contributed by atoms with Gasteiger partial charge in [-0.1, -0.05) is 13.8 Å². The minimum absolute atomic E-state index is 0.00463. The molecule has 0 saturated heterocycles. The fraction of sp³-hybridized carbons (Fsp3) is 0.667. The summed E-state index contributed by atoms with van der Waals surface area (Å²) in [6, 6.07) is 0.397. The van der Waals surface area contributed by atoms with Crippen LogP contribution in [0.5, 0.6) is 0 Å². The van der Waals surface area contributed by atoms with E-state index in [9.17, 15) is 4.79 Å². The van der Waals surface area contributed by atoms with Gasteiger partial charge >= 0.3 is 0 Å². The Hall–Kier alpha value is -0.630. The fourth-order valence-electron chi connectivity index (χ4n) is 0.617. The Morgan fingerprint density at radius 1 is 1.27 bits per heavy atom. The molecule has 0 spiro atoms. The molecule has 0 rings (SSSR count). The second-order valence-electron chi connectivity index (χ2n) is 2.65. The molecule has 0 saturated carbocycles. The average Bonchev–Trinajstić information content (AvgIpc) is 1.90. The second kappa shape index (κ2) is 7.48. The molecule has 2 heteroatoms. The Morgan fingerprint density at radius 3 is 1.73 bits per heavy atom. The SMILES string of the molecule is C=C.CC(=O)C(C)NC(C)C. The van der Waals surface area contributed by atoms with Crippen molar-refractivity contribution in [3.8, 4) is 0 Å². The molecule has 11 heavy (non-hydrogen) atoms. The summed E-state index contributed by atoms with van der Waals surface area (Å²) in [5.74, 6) is 0.198. The third-order valence-electron chi connectivity index (χ3n) is 1.19. The van der Waals surface area contributed by atoms with Crippen molar-refractivity contribution < 1.29 is 4.79 Å². The zero-order valence-electron chi connectivity index (χ0n) is 7.98. The van der Waals surface area contributed by atoms with E-state index in [1.165, 1.54) is 0 Å². The lowest BCUT2D eigenvalue weighted by atomic mass is 10.2. The first-order valence-electron chi connectivity index (χ1n) is 3.80. The van der Waals surface area contributed by atoms with Crippen molar-refractivity contribution in [2.75, 3.05) is 0 Å². The third kappa shape index (κ3) is 9.37. The first-order valence-corrected chi connectivity index (χ1v) is 3.80. The highest BCUT2D eigenvalue weighted by Crippen LogP contribution is 1.86. The lowest BCUT2D eigenvalue weighted by Crippen LogP contribution is -2.37. The van der Waals surface area contributed by atoms with E-state index in [1.54, 1.807) is 6.92 Å². The van der Waals surface area contributed by atoms with Gasteiger partial charge in [-0.05, 0) is 13.8 Å². The topological polar surface area (TPSA) is 29.1 Å². The summed E-state index contributed by atoms with van der Waals surface area (Å²) in [5, 5.41) is 3.09. The minimum Gasteiger partial charge on any atom is -0.305 e. The monoisotopic (exact) mass is 157 g/mol. The maximum atomic E-state index is 10.6. The molecule has 0 bridgehead atoms. The lowest BCUT2D eigenvalue weighted by Gasteiger charge is -2.12. The second-order valence-corrected chi connectivity index (χ2v) is 2.65. The van der Waals surface area contributed by atoms with Gasteiger partial charge in [-0.3, -0.25) is 4.79 Å². The van der Waals surface area contributed by atoms with Crippen LogP contribution in [0.2, 0.25) is 0 Å². The molecule has 66 valence electrons. The van der Waals surface area contributed by atoms with E-state index in [4.69, 9.17) is 0 Å². The van der Waals surface area contributed by atoms with Crippen LogP contribution < -0.4 is 5.32 Å². The number of hydrogen-bond acceptors (Lipinski definition) is 2. The van der Waals surface area contributed by atoms with Crippen LogP contribution in [0, 0.1) is 0 Å². The number of ketones is 1. The molecular formula is C9H19NO. The van der Waals surface area contributed by atoms with E-state index in [0.29, 0.717) is 6.04 Å². The van der Waals surface area contributed by atoms with Crippen molar-refractivity contribution in [1.29, 1.82) is 0 Å². The first-order chi connectivity index (χ1) is 5.04. The number of rotatable bonds is 3. The normalized spacial score (nSPS) is 11.7. The van der Waals surface area contributed by atoms with Crippen LogP contribution in [-0.2, 0) is 4.79 Å². The van der Waals surface area contributed by atoms with E-state index in [0.717, 1.165) is 0 Å². The number of nitrogens with one attached hydrogen (secondary N) is 1. The predicted molar refractivity (Wildman–Crippen MR) is 49.7 cm³/mol. The van der Waals surface area contributed by atoms with Crippen LogP contribution in [0.3, 0.4) is 0 Å². The molecule has 0 radical (unpaired) electrons. The molecule has 0 fully saturated rings. The summed E-state index contributed by atoms with van der Waals surface area (Å²) in [6.07, 6.45) is 0. The van der Waals surface area contributed by atoms with Crippen LogP contribution >= 0.6 is 0 Å². The third-order valence-corrected chi connectivity index (χ3v) is 1.19. The van der Waals surface area contributed by atoms with Gasteiger partial charge in [0.15, 0.2) is 0 Å². The minimum atomic E-state index is 0.00463. The number of hydrogen-bond donors (Lipinski definition) is 1. The van der Waals surface area contributed by atoms with Gasteiger partial charge in [0.25, 0.3) is 0 Å². The van der Waals surface area contributed by atoms with Gasteiger partial charge in [-0.2, -0.15) is 0 Å². The Balaban J connectivity index is 0. The van der Waals surface area contributed by atoms with E-state index in [1.807, 2.05) is 20.8 Å². The quantitative estimate of drug-likeness (QED) is 0.632. The summed E-state index contributed by atoms with van der Waals surface area (Å²) in [6.45, 7) is 13.5. The van der Waals surface area contributed by atoms with Gasteiger partial charge in [-0.25, -0.2) is 0 Å². The molecule has 1 atom stereocenters. The van der Waals surface area contributed by atoms with E-state index in [2.05, 4.69) is 18.5 Å². The molecule has 0 amide bonds. The summed E-state index contributed by atoms with van der Waals surface area (Å²) < 4.78 is 0. The standard InChI is InChI=1S/C7H15NO.C2H4/c1-5(2)8-6(3)7(4)9;1-2/h5-6,8H,1-4H3;1-2H2. The first kappa shape index (κ1) is 13.0. The molecule has 1 N–H and O–H groups in total. The van der Waals surface area contributed by atoms with Crippen molar-refractivity contribution in [2.24, 2.45) is 0 Å². The van der Waals surface area contributed by atoms with Gasteiger partial charge in [0.2, 0.25) is 0 Å². The van der Waals surface area contributed by atoms with Crippen LogP contribution in [-0.4, -0.2) is 17.9 Å². The van der Waals surface area contributed by atoms with Crippen LogP contribution in [0.25, 0.3) is 0 Å². The molecule has 0 aromatic carbocycles. The Morgan fingerprint density at radius 2 is 1.64 bits per heavy atom.